The quantitative estimate of drug-likeness (QED) is 0.292. The summed E-state index contributed by atoms with van der Waals surface area (Å²) in [5.74, 6) is -0.959. The fourth-order valence-electron chi connectivity index (χ4n) is 3.88. The predicted octanol–water partition coefficient (Wildman–Crippen LogP) is -0.305. The number of aliphatic hydroxyl groups excluding tert-OH is 2. The first-order valence-corrected chi connectivity index (χ1v) is 11.9. The Morgan fingerprint density at radius 1 is 1.21 bits per heavy atom. The van der Waals surface area contributed by atoms with Gasteiger partial charge in [0.25, 0.3) is 0 Å². The lowest BCUT2D eigenvalue weighted by Gasteiger charge is -2.19. The number of rotatable bonds is 9. The van der Waals surface area contributed by atoms with E-state index in [1.807, 2.05) is 30.3 Å². The van der Waals surface area contributed by atoms with Crippen LogP contribution in [0.15, 0.2) is 55.1 Å². The monoisotopic (exact) mass is 488 g/mol. The topological polar surface area (TPSA) is 183 Å². The van der Waals surface area contributed by atoms with Crippen LogP contribution in [-0.4, -0.2) is 69.0 Å². The van der Waals surface area contributed by atoms with E-state index < -0.39 is 40.3 Å². The van der Waals surface area contributed by atoms with Gasteiger partial charge in [-0.15, -0.1) is 0 Å². The molecule has 0 amide bonds. The van der Waals surface area contributed by atoms with E-state index in [9.17, 15) is 23.4 Å². The number of ketones is 1. The van der Waals surface area contributed by atoms with Crippen molar-refractivity contribution in [2.75, 3.05) is 11.9 Å². The van der Waals surface area contributed by atoms with Crippen LogP contribution in [0.2, 0.25) is 0 Å². The van der Waals surface area contributed by atoms with E-state index in [1.54, 1.807) is 16.9 Å². The molecule has 12 nitrogen and oxygen atoms in total. The number of carbonyl (C=O) groups excluding carboxylic acids is 1. The van der Waals surface area contributed by atoms with Gasteiger partial charge in [0.05, 0.1) is 30.9 Å². The van der Waals surface area contributed by atoms with Gasteiger partial charge in [0.2, 0.25) is 5.78 Å². The smallest absolute Gasteiger partial charge is 0.333 e. The van der Waals surface area contributed by atoms with Crippen molar-refractivity contribution >= 4 is 21.9 Å². The highest BCUT2D eigenvalue weighted by molar-refractivity contribution is 7.84. The van der Waals surface area contributed by atoms with Crippen molar-refractivity contribution in [2.45, 2.75) is 31.2 Å². The van der Waals surface area contributed by atoms with E-state index in [0.717, 1.165) is 5.56 Å². The first-order valence-electron chi connectivity index (χ1n) is 10.4. The van der Waals surface area contributed by atoms with Crippen LogP contribution in [0.25, 0.3) is 0 Å². The first kappa shape index (κ1) is 23.9. The third-order valence-electron chi connectivity index (χ3n) is 5.59. The number of nitrogens with two attached hydrogens (primary N) is 1. The summed E-state index contributed by atoms with van der Waals surface area (Å²) in [7, 11) is -4.18. The van der Waals surface area contributed by atoms with Crippen LogP contribution in [0, 0.1) is 5.92 Å². The van der Waals surface area contributed by atoms with Crippen molar-refractivity contribution in [3.8, 4) is 0 Å². The molecule has 1 fully saturated rings. The number of benzene rings is 1. The van der Waals surface area contributed by atoms with Crippen molar-refractivity contribution in [3.63, 3.8) is 0 Å². The molecule has 1 aromatic carbocycles. The minimum absolute atomic E-state index is 0.137. The molecule has 4 rings (SSSR count). The van der Waals surface area contributed by atoms with E-state index in [-0.39, 0.29) is 30.1 Å². The summed E-state index contributed by atoms with van der Waals surface area (Å²) >= 11 is 0. The summed E-state index contributed by atoms with van der Waals surface area (Å²) in [6.45, 7) is 0.113. The summed E-state index contributed by atoms with van der Waals surface area (Å²) in [4.78, 5) is 21.2. The van der Waals surface area contributed by atoms with Gasteiger partial charge in [-0.2, -0.15) is 13.5 Å². The molecular formula is C21H24N6O6S. The molecule has 1 aliphatic carbocycles. The Morgan fingerprint density at radius 3 is 2.71 bits per heavy atom. The van der Waals surface area contributed by atoms with Crippen molar-refractivity contribution in [1.29, 1.82) is 0 Å². The maximum atomic E-state index is 13.1. The lowest BCUT2D eigenvalue weighted by molar-refractivity contribution is 0.00778. The predicted molar refractivity (Wildman–Crippen MR) is 120 cm³/mol. The molecule has 2 heterocycles. The number of anilines is 1. The fraction of sp³-hybridized carbons (Fsp3) is 0.333. The first-order chi connectivity index (χ1) is 16.2. The van der Waals surface area contributed by atoms with Gasteiger partial charge in [0.15, 0.2) is 0 Å². The Bertz CT molecular complexity index is 1250. The van der Waals surface area contributed by atoms with Gasteiger partial charge in [-0.3, -0.25) is 13.7 Å². The molecule has 5 N–H and O–H groups in total. The third kappa shape index (κ3) is 5.63. The largest absolute Gasteiger partial charge is 0.390 e. The van der Waals surface area contributed by atoms with E-state index in [4.69, 9.17) is 5.14 Å². The Hall–Kier alpha value is -3.23. The van der Waals surface area contributed by atoms with E-state index in [0.29, 0.717) is 6.54 Å². The zero-order chi connectivity index (χ0) is 24.3. The second-order valence-electron chi connectivity index (χ2n) is 8.00. The summed E-state index contributed by atoms with van der Waals surface area (Å²) in [6.07, 6.45) is 1.93. The lowest BCUT2D eigenvalue weighted by atomic mass is 10.1. The molecule has 34 heavy (non-hydrogen) atoms. The second-order valence-corrected chi connectivity index (χ2v) is 9.22. The van der Waals surface area contributed by atoms with Gasteiger partial charge < -0.3 is 15.5 Å². The van der Waals surface area contributed by atoms with Crippen LogP contribution in [0.5, 0.6) is 0 Å². The number of aromatic nitrogens is 4. The van der Waals surface area contributed by atoms with Crippen molar-refractivity contribution in [2.24, 2.45) is 11.1 Å². The minimum Gasteiger partial charge on any atom is -0.390 e. The average Bonchev–Trinajstić information content (AvgIpc) is 3.38. The molecule has 0 saturated heterocycles. The summed E-state index contributed by atoms with van der Waals surface area (Å²) in [5, 5.41) is 32.8. The van der Waals surface area contributed by atoms with Crippen molar-refractivity contribution in [3.05, 3.63) is 71.9 Å². The maximum absolute atomic E-state index is 13.1. The Labute approximate surface area is 195 Å². The Balaban J connectivity index is 1.47. The van der Waals surface area contributed by atoms with Crippen molar-refractivity contribution < 1.29 is 27.6 Å². The molecule has 0 aliphatic heterocycles. The maximum Gasteiger partial charge on any atom is 0.333 e. The molecular weight excluding hydrogens is 464 g/mol. The molecule has 4 atom stereocenters. The van der Waals surface area contributed by atoms with Gasteiger partial charge in [0.1, 0.15) is 23.9 Å². The highest BCUT2D eigenvalue weighted by Gasteiger charge is 2.42. The van der Waals surface area contributed by atoms with Crippen LogP contribution >= 0.6 is 0 Å². The molecule has 2 aromatic heterocycles. The molecule has 1 aliphatic rings. The fourth-order valence-corrected chi connectivity index (χ4v) is 4.25. The highest BCUT2D eigenvalue weighted by atomic mass is 32.2. The second kappa shape index (κ2) is 9.95. The number of hydrogen-bond donors (Lipinski definition) is 4. The molecule has 180 valence electrons. The van der Waals surface area contributed by atoms with Crippen molar-refractivity contribution in [1.82, 2.24) is 19.7 Å². The van der Waals surface area contributed by atoms with Gasteiger partial charge in [0, 0.05) is 18.3 Å². The van der Waals surface area contributed by atoms with Crippen LogP contribution in [-0.2, 0) is 21.0 Å². The van der Waals surface area contributed by atoms with Gasteiger partial charge >= 0.3 is 10.3 Å². The zero-order valence-corrected chi connectivity index (χ0v) is 18.7. The molecule has 0 bridgehead atoms. The van der Waals surface area contributed by atoms with E-state index in [2.05, 4.69) is 24.6 Å². The lowest BCUT2D eigenvalue weighted by Crippen LogP contribution is -2.36. The van der Waals surface area contributed by atoms with Gasteiger partial charge in [-0.25, -0.2) is 15.1 Å². The van der Waals surface area contributed by atoms with Gasteiger partial charge in [-0.1, -0.05) is 30.3 Å². The zero-order valence-electron chi connectivity index (χ0n) is 17.9. The molecule has 0 spiro atoms. The molecule has 13 heteroatoms. The van der Waals surface area contributed by atoms with Crippen LogP contribution in [0.4, 0.5) is 5.82 Å². The minimum atomic E-state index is -4.18. The molecule has 0 unspecified atom stereocenters. The number of carbonyl (C=O) groups is 1. The number of aliphatic hydroxyl groups is 2. The standard InChI is InChI=1S/C21H24N6O6S/c22-34(31,32)33-11-14-8-17(20(30)18(14)28)25-21-15(9-23-12-24-21)19(29)16-6-7-27(26-16)10-13-4-2-1-3-5-13/h1-7,9,12,14,17-18,20,28,30H,8,10-11H2,(H2,22,31,32)(H,23,24,25)/t14-,17-,18-,20-/m1/s1. The average molecular weight is 489 g/mol. The summed E-state index contributed by atoms with van der Waals surface area (Å²) in [6, 6.07) is 10.5. The van der Waals surface area contributed by atoms with Crippen LogP contribution in [0.1, 0.15) is 28.0 Å². The SMILES string of the molecule is NS(=O)(=O)OC[C@H]1C[C@@H](Nc2ncncc2C(=O)c2ccn(Cc3ccccc3)n2)[C@@H](O)[C@@H]1O. The number of hydrogen-bond acceptors (Lipinski definition) is 10. The van der Waals surface area contributed by atoms with Crippen LogP contribution < -0.4 is 10.5 Å². The Morgan fingerprint density at radius 2 is 1.97 bits per heavy atom. The van der Waals surface area contributed by atoms with E-state index >= 15 is 0 Å². The summed E-state index contributed by atoms with van der Waals surface area (Å²) < 4.78 is 28.3. The number of nitrogens with one attached hydrogen (secondary N) is 1. The third-order valence-corrected chi connectivity index (χ3v) is 6.05. The highest BCUT2D eigenvalue weighted by Crippen LogP contribution is 2.30. The molecule has 3 aromatic rings. The summed E-state index contributed by atoms with van der Waals surface area (Å²) in [5.41, 5.74) is 1.36. The van der Waals surface area contributed by atoms with Crippen LogP contribution in [0.3, 0.4) is 0 Å². The molecule has 0 radical (unpaired) electrons. The molecule has 1 saturated carbocycles. The van der Waals surface area contributed by atoms with E-state index in [1.165, 1.54) is 12.5 Å². The number of nitrogens with zero attached hydrogens (tertiary/aromatic N) is 4. The Kier molecular flexibility index (Phi) is 7.00. The van der Waals surface area contributed by atoms with Gasteiger partial charge in [-0.05, 0) is 18.1 Å². The normalized spacial score (nSPS) is 22.6.